The first-order valence-electron chi connectivity index (χ1n) is 8.67. The first kappa shape index (κ1) is 17.3. The summed E-state index contributed by atoms with van der Waals surface area (Å²) >= 11 is 0. The minimum Gasteiger partial charge on any atom is -0.489 e. The lowest BCUT2D eigenvalue weighted by Gasteiger charge is -2.19. The van der Waals surface area contributed by atoms with Gasteiger partial charge in [-0.25, -0.2) is 4.79 Å². The van der Waals surface area contributed by atoms with E-state index in [1.165, 1.54) is 5.56 Å². The molecule has 2 atom stereocenters. The lowest BCUT2D eigenvalue weighted by atomic mass is 10.1. The van der Waals surface area contributed by atoms with E-state index in [0.717, 1.165) is 17.7 Å². The Morgan fingerprint density at radius 2 is 1.76 bits per heavy atom. The van der Waals surface area contributed by atoms with Crippen LogP contribution in [-0.4, -0.2) is 17.7 Å². The fourth-order valence-electron chi connectivity index (χ4n) is 2.73. The van der Waals surface area contributed by atoms with Crippen molar-refractivity contribution in [2.24, 2.45) is 0 Å². The van der Waals surface area contributed by atoms with Crippen molar-refractivity contribution < 1.29 is 14.3 Å². The van der Waals surface area contributed by atoms with Crippen LogP contribution in [0.2, 0.25) is 0 Å². The van der Waals surface area contributed by atoms with Gasteiger partial charge in [-0.15, -0.1) is 0 Å². The van der Waals surface area contributed by atoms with E-state index >= 15 is 0 Å². The molecule has 0 spiro atoms. The maximum atomic E-state index is 11.8. The summed E-state index contributed by atoms with van der Waals surface area (Å²) in [6.07, 6.45) is 0.603. The summed E-state index contributed by atoms with van der Waals surface area (Å²) in [5.74, 6) is 1.21. The Balaban J connectivity index is 1.48. The lowest BCUT2D eigenvalue weighted by molar-refractivity contribution is 0.0523. The summed E-state index contributed by atoms with van der Waals surface area (Å²) < 4.78 is 11.1. The van der Waals surface area contributed by atoms with Crippen LogP contribution in [0.4, 0.5) is 4.79 Å². The summed E-state index contributed by atoms with van der Waals surface area (Å²) in [7, 11) is 0. The van der Waals surface area contributed by atoms with Gasteiger partial charge in [-0.1, -0.05) is 42.5 Å². The highest BCUT2D eigenvalue weighted by Crippen LogP contribution is 2.41. The van der Waals surface area contributed by atoms with Gasteiger partial charge in [0.15, 0.2) is 0 Å². The third-order valence-electron chi connectivity index (χ3n) is 4.05. The van der Waals surface area contributed by atoms with Crippen LogP contribution in [0.3, 0.4) is 0 Å². The number of carbonyl (C=O) groups is 1. The number of hydrogen-bond acceptors (Lipinski definition) is 3. The second kappa shape index (κ2) is 7.18. The monoisotopic (exact) mass is 339 g/mol. The molecule has 0 heterocycles. The van der Waals surface area contributed by atoms with E-state index in [0.29, 0.717) is 12.5 Å². The highest BCUT2D eigenvalue weighted by molar-refractivity contribution is 5.69. The highest BCUT2D eigenvalue weighted by Gasteiger charge is 2.40. The van der Waals surface area contributed by atoms with Crippen molar-refractivity contribution >= 4 is 6.09 Å². The molecule has 25 heavy (non-hydrogen) atoms. The molecular weight excluding hydrogens is 314 g/mol. The number of hydrogen-bond donors (Lipinski definition) is 1. The van der Waals surface area contributed by atoms with E-state index in [-0.39, 0.29) is 12.1 Å². The minimum atomic E-state index is -0.466. The molecule has 0 saturated heterocycles. The topological polar surface area (TPSA) is 47.6 Å². The molecule has 0 aromatic heterocycles. The maximum absolute atomic E-state index is 11.8. The SMILES string of the molecule is CC(C)(C)OC(=O)N[C@@H]1CC1c1ccc(OCc2ccccc2)cc1. The fourth-order valence-corrected chi connectivity index (χ4v) is 2.73. The number of rotatable bonds is 5. The highest BCUT2D eigenvalue weighted by atomic mass is 16.6. The van der Waals surface area contributed by atoms with Gasteiger partial charge >= 0.3 is 6.09 Å². The smallest absolute Gasteiger partial charge is 0.407 e. The van der Waals surface area contributed by atoms with Gasteiger partial charge in [0.05, 0.1) is 0 Å². The molecule has 1 aliphatic carbocycles. The Hall–Kier alpha value is -2.49. The van der Waals surface area contributed by atoms with Crippen LogP contribution in [-0.2, 0) is 11.3 Å². The van der Waals surface area contributed by atoms with Crippen molar-refractivity contribution in [3.8, 4) is 5.75 Å². The van der Waals surface area contributed by atoms with E-state index in [4.69, 9.17) is 9.47 Å². The van der Waals surface area contributed by atoms with Gasteiger partial charge in [-0.05, 0) is 50.5 Å². The van der Waals surface area contributed by atoms with E-state index in [1.807, 2.05) is 63.2 Å². The van der Waals surface area contributed by atoms with Crippen LogP contribution in [0.15, 0.2) is 54.6 Å². The van der Waals surface area contributed by atoms with Crippen LogP contribution in [0.1, 0.15) is 44.2 Å². The minimum absolute atomic E-state index is 0.158. The van der Waals surface area contributed by atoms with Gasteiger partial charge in [0.1, 0.15) is 18.0 Å². The Bertz CT molecular complexity index is 704. The summed E-state index contributed by atoms with van der Waals surface area (Å²) in [5, 5.41) is 2.93. The molecule has 1 N–H and O–H groups in total. The van der Waals surface area contributed by atoms with Crippen LogP contribution in [0, 0.1) is 0 Å². The molecule has 3 rings (SSSR count). The van der Waals surface area contributed by atoms with Gasteiger partial charge in [-0.3, -0.25) is 0 Å². The predicted molar refractivity (Wildman–Crippen MR) is 97.7 cm³/mol. The molecule has 0 bridgehead atoms. The van der Waals surface area contributed by atoms with Crippen LogP contribution < -0.4 is 10.1 Å². The van der Waals surface area contributed by atoms with E-state index in [2.05, 4.69) is 17.4 Å². The average molecular weight is 339 g/mol. The summed E-state index contributed by atoms with van der Waals surface area (Å²) in [5.41, 5.74) is 1.90. The number of alkyl carbamates (subject to hydrolysis) is 1. The van der Waals surface area contributed by atoms with Gasteiger partial charge < -0.3 is 14.8 Å². The average Bonchev–Trinajstić information content (AvgIpc) is 3.31. The van der Waals surface area contributed by atoms with E-state index in [1.54, 1.807) is 0 Å². The lowest BCUT2D eigenvalue weighted by Crippen LogP contribution is -2.34. The van der Waals surface area contributed by atoms with Crippen molar-refractivity contribution in [2.75, 3.05) is 0 Å². The second-order valence-corrected chi connectivity index (χ2v) is 7.44. The van der Waals surface area contributed by atoms with E-state index < -0.39 is 5.60 Å². The molecular formula is C21H25NO3. The first-order chi connectivity index (χ1) is 11.9. The Morgan fingerprint density at radius 1 is 1.08 bits per heavy atom. The Morgan fingerprint density at radius 3 is 2.40 bits per heavy atom. The molecule has 1 saturated carbocycles. The van der Waals surface area contributed by atoms with Gasteiger partial charge in [0.25, 0.3) is 0 Å². The Labute approximate surface area is 149 Å². The maximum Gasteiger partial charge on any atom is 0.407 e. The molecule has 1 amide bonds. The van der Waals surface area contributed by atoms with Gasteiger partial charge in [0.2, 0.25) is 0 Å². The third-order valence-corrected chi connectivity index (χ3v) is 4.05. The molecule has 132 valence electrons. The normalized spacial score (nSPS) is 19.2. The van der Waals surface area contributed by atoms with E-state index in [9.17, 15) is 4.79 Å². The standard InChI is InChI=1S/C21H25NO3/c1-21(2,3)25-20(23)22-19-13-18(19)16-9-11-17(12-10-16)24-14-15-7-5-4-6-8-15/h4-12,18-19H,13-14H2,1-3H3,(H,22,23)/t18?,19-/m1/s1. The van der Waals surface area contributed by atoms with Crippen LogP contribution in [0.5, 0.6) is 5.75 Å². The molecule has 1 aliphatic rings. The number of nitrogens with one attached hydrogen (secondary N) is 1. The molecule has 2 aromatic carbocycles. The first-order valence-corrected chi connectivity index (χ1v) is 8.67. The van der Waals surface area contributed by atoms with Crippen molar-refractivity contribution in [1.82, 2.24) is 5.32 Å². The summed E-state index contributed by atoms with van der Waals surface area (Å²) in [6.45, 7) is 6.16. The molecule has 4 heteroatoms. The quantitative estimate of drug-likeness (QED) is 0.863. The predicted octanol–water partition coefficient (Wildman–Crippen LogP) is 4.65. The van der Waals surface area contributed by atoms with Crippen molar-refractivity contribution in [1.29, 1.82) is 0 Å². The van der Waals surface area contributed by atoms with Crippen molar-refractivity contribution in [2.45, 2.75) is 51.4 Å². The van der Waals surface area contributed by atoms with Gasteiger partial charge in [0, 0.05) is 12.0 Å². The number of amides is 1. The zero-order valence-electron chi connectivity index (χ0n) is 15.0. The largest absolute Gasteiger partial charge is 0.489 e. The van der Waals surface area contributed by atoms with Crippen LogP contribution >= 0.6 is 0 Å². The Kier molecular flexibility index (Phi) is 4.98. The molecule has 4 nitrogen and oxygen atoms in total. The summed E-state index contributed by atoms with van der Waals surface area (Å²) in [4.78, 5) is 11.8. The van der Waals surface area contributed by atoms with Crippen molar-refractivity contribution in [3.05, 3.63) is 65.7 Å². The van der Waals surface area contributed by atoms with Gasteiger partial charge in [-0.2, -0.15) is 0 Å². The molecule has 1 unspecified atom stereocenters. The number of benzene rings is 2. The molecule has 2 aromatic rings. The second-order valence-electron chi connectivity index (χ2n) is 7.44. The zero-order chi connectivity index (χ0) is 17.9. The fraction of sp³-hybridized carbons (Fsp3) is 0.381. The zero-order valence-corrected chi connectivity index (χ0v) is 15.0. The molecule has 0 aliphatic heterocycles. The third kappa shape index (κ3) is 5.24. The van der Waals surface area contributed by atoms with Crippen molar-refractivity contribution in [3.63, 3.8) is 0 Å². The number of ether oxygens (including phenoxy) is 2. The van der Waals surface area contributed by atoms with Crippen LogP contribution in [0.25, 0.3) is 0 Å². The summed E-state index contributed by atoms with van der Waals surface area (Å²) in [6, 6.07) is 18.4. The molecule has 0 radical (unpaired) electrons. The molecule has 1 fully saturated rings. The number of carbonyl (C=O) groups excluding carboxylic acids is 1.